The molecule has 0 atom stereocenters. The number of carbonyl (C=O) groups excluding carboxylic acids is 1. The lowest BCUT2D eigenvalue weighted by Gasteiger charge is -2.13. The fraction of sp³-hybridized carbons (Fsp3) is 0.667. The van der Waals surface area contributed by atoms with E-state index < -0.39 is 0 Å². The van der Waals surface area contributed by atoms with E-state index in [9.17, 15) is 4.79 Å². The third-order valence-corrected chi connectivity index (χ3v) is 2.45. The summed E-state index contributed by atoms with van der Waals surface area (Å²) in [4.78, 5) is 17.5. The molecule has 0 saturated carbocycles. The summed E-state index contributed by atoms with van der Waals surface area (Å²) < 4.78 is 4.82. The van der Waals surface area contributed by atoms with Crippen LogP contribution in [0.25, 0.3) is 0 Å². The van der Waals surface area contributed by atoms with E-state index in [1.807, 2.05) is 4.90 Å². The Morgan fingerprint density at radius 3 is 2.80 bits per heavy atom. The monoisotopic (exact) mass is 210 g/mol. The van der Waals surface area contributed by atoms with Crippen LogP contribution in [0.3, 0.4) is 0 Å². The fourth-order valence-corrected chi connectivity index (χ4v) is 1.66. The Balaban J connectivity index is 1.92. The molecule has 1 aromatic heterocycles. The summed E-state index contributed by atoms with van der Waals surface area (Å²) in [6.45, 7) is 1.91. The number of nitrogens with zero attached hydrogens (tertiary/aromatic N) is 3. The van der Waals surface area contributed by atoms with Gasteiger partial charge in [0.1, 0.15) is 0 Å². The molecule has 1 aromatic rings. The largest absolute Gasteiger partial charge is 0.342 e. The Morgan fingerprint density at radius 2 is 2.20 bits per heavy atom. The van der Waals surface area contributed by atoms with Crippen molar-refractivity contribution in [2.45, 2.75) is 25.8 Å². The predicted molar refractivity (Wildman–Crippen MR) is 51.7 cm³/mol. The predicted octanol–water partition coefficient (Wildman–Crippen LogP) is -0.307. The second-order valence-corrected chi connectivity index (χ2v) is 3.57. The summed E-state index contributed by atoms with van der Waals surface area (Å²) in [6, 6.07) is 0. The number of carbonyl (C=O) groups is 1. The normalized spacial score (nSPS) is 15.9. The Kier molecular flexibility index (Phi) is 2.96. The van der Waals surface area contributed by atoms with Crippen molar-refractivity contribution in [2.24, 2.45) is 5.73 Å². The second-order valence-electron chi connectivity index (χ2n) is 3.57. The average Bonchev–Trinajstić information content (AvgIpc) is 2.87. The van der Waals surface area contributed by atoms with Crippen molar-refractivity contribution >= 4 is 5.91 Å². The Bertz CT molecular complexity index is 344. The second kappa shape index (κ2) is 4.39. The van der Waals surface area contributed by atoms with E-state index in [1.165, 1.54) is 0 Å². The van der Waals surface area contributed by atoms with Gasteiger partial charge in [0, 0.05) is 13.1 Å². The first-order valence-electron chi connectivity index (χ1n) is 5.09. The summed E-state index contributed by atoms with van der Waals surface area (Å²) in [5.74, 6) is 0.864. The van der Waals surface area contributed by atoms with Gasteiger partial charge in [0.2, 0.25) is 11.8 Å². The molecule has 6 nitrogen and oxygen atoms in total. The van der Waals surface area contributed by atoms with Gasteiger partial charge in [0.15, 0.2) is 5.82 Å². The van der Waals surface area contributed by atoms with Gasteiger partial charge in [-0.15, -0.1) is 0 Å². The highest BCUT2D eigenvalue weighted by atomic mass is 16.5. The molecule has 0 aromatic carbocycles. The molecule has 0 unspecified atom stereocenters. The van der Waals surface area contributed by atoms with E-state index in [1.54, 1.807) is 0 Å². The zero-order valence-corrected chi connectivity index (χ0v) is 8.48. The molecule has 0 radical (unpaired) electrons. The molecule has 0 aliphatic carbocycles. The third-order valence-electron chi connectivity index (χ3n) is 2.45. The topological polar surface area (TPSA) is 85.2 Å². The Morgan fingerprint density at radius 1 is 1.47 bits per heavy atom. The van der Waals surface area contributed by atoms with Crippen molar-refractivity contribution in [1.82, 2.24) is 15.0 Å². The molecule has 1 saturated heterocycles. The van der Waals surface area contributed by atoms with E-state index in [2.05, 4.69) is 10.1 Å². The van der Waals surface area contributed by atoms with Gasteiger partial charge < -0.3 is 15.2 Å². The molecule has 1 aliphatic rings. The van der Waals surface area contributed by atoms with Crippen molar-refractivity contribution in [1.29, 1.82) is 0 Å². The van der Waals surface area contributed by atoms with Crippen LogP contribution in [0.15, 0.2) is 4.52 Å². The number of nitrogens with two attached hydrogens (primary N) is 1. The molecular weight excluding hydrogens is 196 g/mol. The first kappa shape index (κ1) is 10.1. The molecule has 0 bridgehead atoms. The van der Waals surface area contributed by atoms with E-state index in [-0.39, 0.29) is 18.9 Å². The van der Waals surface area contributed by atoms with E-state index in [0.29, 0.717) is 11.7 Å². The quantitative estimate of drug-likeness (QED) is 0.739. The first-order chi connectivity index (χ1) is 7.29. The van der Waals surface area contributed by atoms with Gasteiger partial charge in [-0.1, -0.05) is 5.16 Å². The minimum atomic E-state index is 0.0665. The number of rotatable bonds is 3. The standard InChI is InChI=1S/C9H14N4O2/c10-6-8-11-7(12-15-8)5-9(14)13-3-1-2-4-13/h1-6,10H2. The van der Waals surface area contributed by atoms with Crippen molar-refractivity contribution in [3.8, 4) is 0 Å². The van der Waals surface area contributed by atoms with E-state index in [4.69, 9.17) is 10.3 Å². The van der Waals surface area contributed by atoms with Crippen LogP contribution in [-0.2, 0) is 17.8 Å². The van der Waals surface area contributed by atoms with E-state index >= 15 is 0 Å². The zero-order valence-electron chi connectivity index (χ0n) is 8.48. The Hall–Kier alpha value is -1.43. The zero-order chi connectivity index (χ0) is 10.7. The fourth-order valence-electron chi connectivity index (χ4n) is 1.66. The molecular formula is C9H14N4O2. The lowest BCUT2D eigenvalue weighted by atomic mass is 10.3. The highest BCUT2D eigenvalue weighted by Gasteiger charge is 2.19. The molecule has 1 amide bonds. The SMILES string of the molecule is NCc1nc(CC(=O)N2CCCC2)no1. The molecule has 0 spiro atoms. The molecule has 6 heteroatoms. The van der Waals surface area contributed by atoms with Crippen LogP contribution in [0.5, 0.6) is 0 Å². The van der Waals surface area contributed by atoms with Gasteiger partial charge >= 0.3 is 0 Å². The van der Waals surface area contributed by atoms with Crippen LogP contribution in [0.1, 0.15) is 24.6 Å². The lowest BCUT2D eigenvalue weighted by Crippen LogP contribution is -2.29. The van der Waals surface area contributed by atoms with Gasteiger partial charge in [-0.05, 0) is 12.8 Å². The van der Waals surface area contributed by atoms with Crippen molar-refractivity contribution in [3.63, 3.8) is 0 Å². The molecule has 15 heavy (non-hydrogen) atoms. The molecule has 1 fully saturated rings. The highest BCUT2D eigenvalue weighted by Crippen LogP contribution is 2.09. The molecule has 1 aliphatic heterocycles. The highest BCUT2D eigenvalue weighted by molar-refractivity contribution is 5.78. The van der Waals surface area contributed by atoms with Crippen LogP contribution in [0, 0.1) is 0 Å². The number of hydrogen-bond acceptors (Lipinski definition) is 5. The maximum Gasteiger partial charge on any atom is 0.240 e. The summed E-state index contributed by atoms with van der Waals surface area (Å²) in [7, 11) is 0. The molecule has 2 N–H and O–H groups in total. The van der Waals surface area contributed by atoms with Gasteiger partial charge in [-0.3, -0.25) is 4.79 Å². The van der Waals surface area contributed by atoms with Crippen LogP contribution < -0.4 is 5.73 Å². The average molecular weight is 210 g/mol. The van der Waals surface area contributed by atoms with Gasteiger partial charge in [0.25, 0.3) is 0 Å². The van der Waals surface area contributed by atoms with Crippen molar-refractivity contribution in [3.05, 3.63) is 11.7 Å². The minimum Gasteiger partial charge on any atom is -0.342 e. The Labute approximate surface area is 87.4 Å². The van der Waals surface area contributed by atoms with Gasteiger partial charge in [-0.25, -0.2) is 0 Å². The molecule has 2 rings (SSSR count). The lowest BCUT2D eigenvalue weighted by molar-refractivity contribution is -0.129. The number of aromatic nitrogens is 2. The van der Waals surface area contributed by atoms with Gasteiger partial charge in [0.05, 0.1) is 13.0 Å². The van der Waals surface area contributed by atoms with Crippen molar-refractivity contribution < 1.29 is 9.32 Å². The number of hydrogen-bond donors (Lipinski definition) is 1. The van der Waals surface area contributed by atoms with E-state index in [0.717, 1.165) is 25.9 Å². The summed E-state index contributed by atoms with van der Waals surface area (Å²) in [5.41, 5.74) is 5.32. The summed E-state index contributed by atoms with van der Waals surface area (Å²) in [5, 5.41) is 3.68. The summed E-state index contributed by atoms with van der Waals surface area (Å²) >= 11 is 0. The number of amides is 1. The third kappa shape index (κ3) is 2.33. The molecule has 82 valence electrons. The van der Waals surface area contributed by atoms with Crippen LogP contribution in [0.4, 0.5) is 0 Å². The molecule has 2 heterocycles. The van der Waals surface area contributed by atoms with Crippen LogP contribution in [-0.4, -0.2) is 34.0 Å². The van der Waals surface area contributed by atoms with Gasteiger partial charge in [-0.2, -0.15) is 4.98 Å². The first-order valence-corrected chi connectivity index (χ1v) is 5.09. The maximum atomic E-state index is 11.7. The maximum absolute atomic E-state index is 11.7. The smallest absolute Gasteiger partial charge is 0.240 e. The van der Waals surface area contributed by atoms with Crippen molar-refractivity contribution in [2.75, 3.05) is 13.1 Å². The minimum absolute atomic E-state index is 0.0665. The van der Waals surface area contributed by atoms with Crippen LogP contribution in [0.2, 0.25) is 0 Å². The number of likely N-dealkylation sites (tertiary alicyclic amines) is 1. The summed E-state index contributed by atoms with van der Waals surface area (Å²) in [6.07, 6.45) is 2.39. The van der Waals surface area contributed by atoms with Crippen LogP contribution >= 0.6 is 0 Å².